The van der Waals surface area contributed by atoms with Crippen molar-refractivity contribution in [1.82, 2.24) is 10.2 Å². The van der Waals surface area contributed by atoms with Gasteiger partial charge in [0.05, 0.1) is 25.4 Å². The Morgan fingerprint density at radius 1 is 1.25 bits per heavy atom. The first kappa shape index (κ1) is 20.9. The topological polar surface area (TPSA) is 71.1 Å². The first-order valence-electron chi connectivity index (χ1n) is 9.86. The van der Waals surface area contributed by atoms with Crippen LogP contribution in [0.2, 0.25) is 5.02 Å². The maximum absolute atomic E-state index is 12.7. The molecule has 2 aliphatic heterocycles. The van der Waals surface area contributed by atoms with Gasteiger partial charge in [0.15, 0.2) is 0 Å². The Kier molecular flexibility index (Phi) is 7.53. The molecule has 0 radical (unpaired) electrons. The highest BCUT2D eigenvalue weighted by atomic mass is 35.5. The molecule has 1 unspecified atom stereocenters. The van der Waals surface area contributed by atoms with Crippen LogP contribution in [0.3, 0.4) is 0 Å². The van der Waals surface area contributed by atoms with E-state index in [0.717, 1.165) is 39.3 Å². The fourth-order valence-corrected chi connectivity index (χ4v) is 3.61. The van der Waals surface area contributed by atoms with Crippen LogP contribution in [0, 0.1) is 0 Å². The number of anilines is 1. The minimum atomic E-state index is -0.105. The Morgan fingerprint density at radius 3 is 2.82 bits per heavy atom. The predicted molar refractivity (Wildman–Crippen MR) is 108 cm³/mol. The second-order valence-electron chi connectivity index (χ2n) is 7.20. The maximum Gasteiger partial charge on any atom is 0.227 e. The molecule has 3 rings (SSSR count). The number of benzene rings is 1. The SMILES string of the molecule is CC1CN(C(=O)CCC(=O)NCCCN2CCOCC2)c2cc(Cl)ccc2O1. The largest absolute Gasteiger partial charge is 0.487 e. The first-order valence-corrected chi connectivity index (χ1v) is 10.2. The standard InChI is InChI=1S/C20H28ClN3O4/c1-15-14-24(17-13-16(21)3-4-18(17)28-15)20(26)6-5-19(25)22-7-2-8-23-9-11-27-12-10-23/h3-4,13,15H,2,5-12,14H2,1H3,(H,22,25). The Labute approximate surface area is 170 Å². The zero-order chi connectivity index (χ0) is 19.9. The number of rotatable bonds is 7. The van der Waals surface area contributed by atoms with E-state index in [1.165, 1.54) is 0 Å². The monoisotopic (exact) mass is 409 g/mol. The molecule has 1 N–H and O–H groups in total. The summed E-state index contributed by atoms with van der Waals surface area (Å²) in [5.74, 6) is 0.453. The van der Waals surface area contributed by atoms with E-state index < -0.39 is 0 Å². The second-order valence-corrected chi connectivity index (χ2v) is 7.64. The minimum Gasteiger partial charge on any atom is -0.487 e. The molecular weight excluding hydrogens is 382 g/mol. The van der Waals surface area contributed by atoms with Gasteiger partial charge in [-0.1, -0.05) is 11.6 Å². The zero-order valence-electron chi connectivity index (χ0n) is 16.3. The van der Waals surface area contributed by atoms with E-state index in [0.29, 0.717) is 29.5 Å². The Morgan fingerprint density at radius 2 is 2.04 bits per heavy atom. The predicted octanol–water partition coefficient (Wildman–Crippen LogP) is 2.07. The number of halogens is 1. The van der Waals surface area contributed by atoms with Gasteiger partial charge in [-0.05, 0) is 38.1 Å². The normalized spacial score (nSPS) is 19.6. The molecule has 0 saturated carbocycles. The van der Waals surface area contributed by atoms with Crippen LogP contribution in [0.5, 0.6) is 5.75 Å². The number of carbonyl (C=O) groups excluding carboxylic acids is 2. The fourth-order valence-electron chi connectivity index (χ4n) is 3.45. The zero-order valence-corrected chi connectivity index (χ0v) is 17.0. The quantitative estimate of drug-likeness (QED) is 0.698. The summed E-state index contributed by atoms with van der Waals surface area (Å²) in [4.78, 5) is 28.8. The summed E-state index contributed by atoms with van der Waals surface area (Å²) >= 11 is 6.07. The molecule has 0 spiro atoms. The van der Waals surface area contributed by atoms with E-state index in [1.807, 2.05) is 6.92 Å². The van der Waals surface area contributed by atoms with Gasteiger partial charge in [0, 0.05) is 37.5 Å². The highest BCUT2D eigenvalue weighted by molar-refractivity contribution is 6.31. The molecule has 1 saturated heterocycles. The van der Waals surface area contributed by atoms with Crippen molar-refractivity contribution < 1.29 is 19.1 Å². The highest BCUT2D eigenvalue weighted by Gasteiger charge is 2.27. The lowest BCUT2D eigenvalue weighted by Crippen LogP contribution is -2.42. The summed E-state index contributed by atoms with van der Waals surface area (Å²) in [6.07, 6.45) is 1.13. The van der Waals surface area contributed by atoms with Crippen molar-refractivity contribution in [2.45, 2.75) is 32.3 Å². The van der Waals surface area contributed by atoms with E-state index in [-0.39, 0.29) is 30.8 Å². The van der Waals surface area contributed by atoms with Crippen molar-refractivity contribution in [2.24, 2.45) is 0 Å². The van der Waals surface area contributed by atoms with Crippen LogP contribution in [0.15, 0.2) is 18.2 Å². The van der Waals surface area contributed by atoms with Crippen molar-refractivity contribution in [3.8, 4) is 5.75 Å². The number of fused-ring (bicyclic) bond motifs is 1. The third-order valence-corrected chi connectivity index (χ3v) is 5.16. The lowest BCUT2D eigenvalue weighted by molar-refractivity contribution is -0.125. The van der Waals surface area contributed by atoms with Crippen molar-refractivity contribution >= 4 is 29.1 Å². The third-order valence-electron chi connectivity index (χ3n) is 4.92. The van der Waals surface area contributed by atoms with E-state index in [4.69, 9.17) is 21.1 Å². The number of carbonyl (C=O) groups is 2. The van der Waals surface area contributed by atoms with Gasteiger partial charge in [-0.3, -0.25) is 14.5 Å². The molecule has 154 valence electrons. The minimum absolute atomic E-state index is 0.0945. The van der Waals surface area contributed by atoms with Crippen molar-refractivity contribution in [2.75, 3.05) is 50.8 Å². The smallest absolute Gasteiger partial charge is 0.227 e. The van der Waals surface area contributed by atoms with Crippen molar-refractivity contribution in [3.63, 3.8) is 0 Å². The molecule has 2 aliphatic rings. The van der Waals surface area contributed by atoms with Crippen molar-refractivity contribution in [1.29, 1.82) is 0 Å². The molecule has 0 bridgehead atoms. The summed E-state index contributed by atoms with van der Waals surface area (Å²) in [6.45, 7) is 7.40. The third kappa shape index (κ3) is 5.83. The molecule has 1 fully saturated rings. The van der Waals surface area contributed by atoms with Crippen LogP contribution < -0.4 is 15.0 Å². The van der Waals surface area contributed by atoms with Crippen molar-refractivity contribution in [3.05, 3.63) is 23.2 Å². The van der Waals surface area contributed by atoms with E-state index in [2.05, 4.69) is 10.2 Å². The van der Waals surface area contributed by atoms with E-state index in [1.54, 1.807) is 23.1 Å². The van der Waals surface area contributed by atoms with Crippen LogP contribution in [0.1, 0.15) is 26.2 Å². The molecule has 1 aromatic rings. The lowest BCUT2D eigenvalue weighted by atomic mass is 10.1. The van der Waals surface area contributed by atoms with Gasteiger partial charge in [-0.15, -0.1) is 0 Å². The van der Waals surface area contributed by atoms with Gasteiger partial charge in [0.2, 0.25) is 11.8 Å². The summed E-state index contributed by atoms with van der Waals surface area (Å²) in [5, 5.41) is 3.45. The van der Waals surface area contributed by atoms with Gasteiger partial charge >= 0.3 is 0 Å². The molecule has 7 nitrogen and oxygen atoms in total. The Hall–Kier alpha value is -1.83. The molecule has 0 aliphatic carbocycles. The summed E-state index contributed by atoms with van der Waals surface area (Å²) in [6, 6.07) is 5.24. The molecule has 8 heteroatoms. The number of amides is 2. The lowest BCUT2D eigenvalue weighted by Gasteiger charge is -2.33. The number of ether oxygens (including phenoxy) is 2. The fraction of sp³-hybridized carbons (Fsp3) is 0.600. The summed E-state index contributed by atoms with van der Waals surface area (Å²) in [7, 11) is 0. The number of hydrogen-bond donors (Lipinski definition) is 1. The van der Waals surface area contributed by atoms with E-state index >= 15 is 0 Å². The Bertz CT molecular complexity index is 694. The Balaban J connectivity index is 1.41. The molecule has 2 amide bonds. The summed E-state index contributed by atoms with van der Waals surface area (Å²) in [5.41, 5.74) is 0.668. The molecular formula is C20H28ClN3O4. The molecule has 1 atom stereocenters. The average Bonchev–Trinajstić information content (AvgIpc) is 2.70. The first-order chi connectivity index (χ1) is 13.5. The number of nitrogens with one attached hydrogen (secondary N) is 1. The number of nitrogens with zero attached hydrogens (tertiary/aromatic N) is 2. The maximum atomic E-state index is 12.7. The van der Waals surface area contributed by atoms with Crippen LogP contribution in [0.4, 0.5) is 5.69 Å². The average molecular weight is 410 g/mol. The van der Waals surface area contributed by atoms with Gasteiger partial charge in [-0.2, -0.15) is 0 Å². The van der Waals surface area contributed by atoms with Gasteiger partial charge < -0.3 is 19.7 Å². The van der Waals surface area contributed by atoms with Gasteiger partial charge in [0.1, 0.15) is 11.9 Å². The van der Waals surface area contributed by atoms with Crippen LogP contribution >= 0.6 is 11.6 Å². The summed E-state index contributed by atoms with van der Waals surface area (Å²) < 4.78 is 11.1. The van der Waals surface area contributed by atoms with Gasteiger partial charge in [0.25, 0.3) is 0 Å². The van der Waals surface area contributed by atoms with E-state index in [9.17, 15) is 9.59 Å². The molecule has 28 heavy (non-hydrogen) atoms. The molecule has 1 aromatic carbocycles. The number of morpholine rings is 1. The molecule has 2 heterocycles. The second kappa shape index (κ2) is 10.1. The van der Waals surface area contributed by atoms with Crippen LogP contribution in [-0.2, 0) is 14.3 Å². The van der Waals surface area contributed by atoms with Crippen LogP contribution in [-0.4, -0.2) is 68.8 Å². The highest BCUT2D eigenvalue weighted by Crippen LogP contribution is 2.36. The molecule has 0 aromatic heterocycles. The number of hydrogen-bond acceptors (Lipinski definition) is 5. The van der Waals surface area contributed by atoms with Crippen LogP contribution in [0.25, 0.3) is 0 Å². The van der Waals surface area contributed by atoms with Gasteiger partial charge in [-0.25, -0.2) is 0 Å².